The Morgan fingerprint density at radius 2 is 1.79 bits per heavy atom. The SMILES string of the molecule is CC(C)(C)C(=O)ON1CCC(c2ccc(C#N)cc2)C(OCc2ccc3ccccc3c2)C1. The number of carbonyl (C=O) groups excluding carboxylic acids is 1. The maximum Gasteiger partial charge on any atom is 0.330 e. The van der Waals surface area contributed by atoms with Gasteiger partial charge >= 0.3 is 5.97 Å². The molecule has 2 unspecified atom stereocenters. The molecule has 1 aliphatic heterocycles. The molecular formula is C28H30N2O3. The van der Waals surface area contributed by atoms with Gasteiger partial charge in [-0.15, -0.1) is 5.06 Å². The fraction of sp³-hybridized carbons (Fsp3) is 0.357. The molecule has 0 N–H and O–H groups in total. The lowest BCUT2D eigenvalue weighted by Gasteiger charge is -2.38. The van der Waals surface area contributed by atoms with Crippen LogP contribution in [0.25, 0.3) is 10.8 Å². The molecular weight excluding hydrogens is 412 g/mol. The van der Waals surface area contributed by atoms with Gasteiger partial charge in [-0.3, -0.25) is 0 Å². The van der Waals surface area contributed by atoms with E-state index in [0.717, 1.165) is 17.5 Å². The first-order chi connectivity index (χ1) is 15.8. The zero-order valence-electron chi connectivity index (χ0n) is 19.5. The Hall–Kier alpha value is -3.20. The number of hydrogen-bond donors (Lipinski definition) is 0. The number of fused-ring (bicyclic) bond motifs is 1. The van der Waals surface area contributed by atoms with Crippen LogP contribution in [-0.4, -0.2) is 30.2 Å². The third-order valence-electron chi connectivity index (χ3n) is 6.09. The van der Waals surface area contributed by atoms with E-state index in [1.807, 2.05) is 57.2 Å². The molecule has 1 saturated heterocycles. The first-order valence-electron chi connectivity index (χ1n) is 11.4. The van der Waals surface area contributed by atoms with Gasteiger partial charge in [-0.1, -0.05) is 48.5 Å². The van der Waals surface area contributed by atoms with Gasteiger partial charge in [-0.05, 0) is 67.3 Å². The van der Waals surface area contributed by atoms with Crippen LogP contribution in [0.3, 0.4) is 0 Å². The van der Waals surface area contributed by atoms with Gasteiger partial charge in [0.05, 0.1) is 36.3 Å². The van der Waals surface area contributed by atoms with Gasteiger partial charge < -0.3 is 9.57 Å². The molecule has 1 heterocycles. The van der Waals surface area contributed by atoms with Crippen molar-refractivity contribution in [2.75, 3.05) is 13.1 Å². The molecule has 0 spiro atoms. The summed E-state index contributed by atoms with van der Waals surface area (Å²) >= 11 is 0. The third-order valence-corrected chi connectivity index (χ3v) is 6.09. The number of ether oxygens (including phenoxy) is 1. The van der Waals surface area contributed by atoms with E-state index in [-0.39, 0.29) is 18.0 Å². The molecule has 0 saturated carbocycles. The van der Waals surface area contributed by atoms with E-state index in [1.54, 1.807) is 5.06 Å². The second-order valence-electron chi connectivity index (χ2n) is 9.68. The molecule has 1 fully saturated rings. The van der Waals surface area contributed by atoms with Gasteiger partial charge in [-0.25, -0.2) is 4.79 Å². The summed E-state index contributed by atoms with van der Waals surface area (Å²) in [6.07, 6.45) is 0.650. The van der Waals surface area contributed by atoms with Crippen LogP contribution in [0.2, 0.25) is 0 Å². The predicted octanol–water partition coefficient (Wildman–Crippen LogP) is 5.59. The van der Waals surface area contributed by atoms with Crippen molar-refractivity contribution in [1.82, 2.24) is 5.06 Å². The lowest BCUT2D eigenvalue weighted by atomic mass is 9.87. The van der Waals surface area contributed by atoms with Crippen molar-refractivity contribution in [3.05, 3.63) is 83.4 Å². The lowest BCUT2D eigenvalue weighted by Crippen LogP contribution is -2.46. The summed E-state index contributed by atoms with van der Waals surface area (Å²) in [5, 5.41) is 13.3. The predicted molar refractivity (Wildman–Crippen MR) is 128 cm³/mol. The van der Waals surface area contributed by atoms with Crippen molar-refractivity contribution in [3.8, 4) is 6.07 Å². The molecule has 0 aliphatic carbocycles. The highest BCUT2D eigenvalue weighted by molar-refractivity contribution is 5.82. The van der Waals surface area contributed by atoms with E-state index in [0.29, 0.717) is 25.3 Å². The Kier molecular flexibility index (Phi) is 6.78. The average Bonchev–Trinajstić information content (AvgIpc) is 2.82. The van der Waals surface area contributed by atoms with E-state index in [9.17, 15) is 4.79 Å². The quantitative estimate of drug-likeness (QED) is 0.515. The van der Waals surface area contributed by atoms with Crippen LogP contribution in [0.5, 0.6) is 0 Å². The number of hydrogen-bond acceptors (Lipinski definition) is 5. The number of hydroxylamine groups is 2. The topological polar surface area (TPSA) is 62.6 Å². The maximum absolute atomic E-state index is 12.4. The van der Waals surface area contributed by atoms with Crippen molar-refractivity contribution < 1.29 is 14.4 Å². The summed E-state index contributed by atoms with van der Waals surface area (Å²) in [5.74, 6) is -0.0876. The Morgan fingerprint density at radius 1 is 1.06 bits per heavy atom. The Morgan fingerprint density at radius 3 is 2.48 bits per heavy atom. The van der Waals surface area contributed by atoms with Gasteiger partial charge in [0.25, 0.3) is 0 Å². The highest BCUT2D eigenvalue weighted by Gasteiger charge is 2.35. The van der Waals surface area contributed by atoms with Crippen LogP contribution >= 0.6 is 0 Å². The standard InChI is InChI=1S/C28H30N2O3/c1-28(2,3)27(31)33-30-15-14-25(23-12-8-20(17-29)9-13-23)26(18-30)32-19-21-10-11-22-6-4-5-7-24(22)16-21/h4-13,16,25-26H,14-15,18-19H2,1-3H3. The smallest absolute Gasteiger partial charge is 0.330 e. The van der Waals surface area contributed by atoms with Gasteiger partial charge in [0.15, 0.2) is 0 Å². The van der Waals surface area contributed by atoms with Crippen molar-refractivity contribution >= 4 is 16.7 Å². The zero-order valence-corrected chi connectivity index (χ0v) is 19.5. The maximum atomic E-state index is 12.4. The van der Waals surface area contributed by atoms with E-state index < -0.39 is 5.41 Å². The van der Waals surface area contributed by atoms with Crippen molar-refractivity contribution in [3.63, 3.8) is 0 Å². The van der Waals surface area contributed by atoms with Crippen molar-refractivity contribution in [1.29, 1.82) is 5.26 Å². The normalized spacial score (nSPS) is 19.2. The molecule has 5 heteroatoms. The van der Waals surface area contributed by atoms with Crippen LogP contribution in [-0.2, 0) is 21.0 Å². The number of nitrogens with zero attached hydrogens (tertiary/aromatic N) is 2. The second kappa shape index (κ2) is 9.74. The van der Waals surface area contributed by atoms with E-state index >= 15 is 0 Å². The average molecular weight is 443 g/mol. The van der Waals surface area contributed by atoms with Gasteiger partial charge in [0.2, 0.25) is 0 Å². The third kappa shape index (κ3) is 5.60. The van der Waals surface area contributed by atoms with E-state index in [4.69, 9.17) is 14.8 Å². The number of carbonyl (C=O) groups is 1. The summed E-state index contributed by atoms with van der Waals surface area (Å²) in [7, 11) is 0. The Labute approximate surface area is 195 Å². The molecule has 0 aromatic heterocycles. The number of piperidine rings is 1. The summed E-state index contributed by atoms with van der Waals surface area (Å²) < 4.78 is 6.44. The van der Waals surface area contributed by atoms with Gasteiger partial charge in [0.1, 0.15) is 0 Å². The minimum Gasteiger partial charge on any atom is -0.371 e. The first-order valence-corrected chi connectivity index (χ1v) is 11.4. The largest absolute Gasteiger partial charge is 0.371 e. The van der Waals surface area contributed by atoms with Crippen LogP contribution in [0.15, 0.2) is 66.7 Å². The number of benzene rings is 3. The minimum atomic E-state index is -0.564. The van der Waals surface area contributed by atoms with E-state index in [2.05, 4.69) is 36.4 Å². The Balaban J connectivity index is 1.51. The molecule has 33 heavy (non-hydrogen) atoms. The van der Waals surface area contributed by atoms with Crippen LogP contribution in [0, 0.1) is 16.7 Å². The fourth-order valence-electron chi connectivity index (χ4n) is 4.11. The zero-order chi connectivity index (χ0) is 23.4. The highest BCUT2D eigenvalue weighted by atomic mass is 16.7. The molecule has 1 aliphatic rings. The summed E-state index contributed by atoms with van der Waals surface area (Å²) in [6.45, 7) is 7.18. The van der Waals surface area contributed by atoms with Crippen molar-refractivity contribution in [2.24, 2.45) is 5.41 Å². The molecule has 3 aromatic carbocycles. The molecule has 4 rings (SSSR count). The molecule has 0 radical (unpaired) electrons. The number of rotatable bonds is 5. The van der Waals surface area contributed by atoms with Gasteiger partial charge in [-0.2, -0.15) is 5.26 Å². The monoisotopic (exact) mass is 442 g/mol. The van der Waals surface area contributed by atoms with E-state index in [1.165, 1.54) is 10.8 Å². The molecule has 0 amide bonds. The summed E-state index contributed by atoms with van der Waals surface area (Å²) in [4.78, 5) is 18.1. The molecule has 0 bridgehead atoms. The number of nitriles is 1. The molecule has 170 valence electrons. The fourth-order valence-corrected chi connectivity index (χ4v) is 4.11. The second-order valence-corrected chi connectivity index (χ2v) is 9.68. The molecule has 3 aromatic rings. The summed E-state index contributed by atoms with van der Waals surface area (Å²) in [6, 6.07) is 24.5. The highest BCUT2D eigenvalue weighted by Crippen LogP contribution is 2.32. The minimum absolute atomic E-state index is 0.147. The van der Waals surface area contributed by atoms with Crippen LogP contribution < -0.4 is 0 Å². The lowest BCUT2D eigenvalue weighted by molar-refractivity contribution is -0.216. The first kappa shape index (κ1) is 23.0. The van der Waals surface area contributed by atoms with Gasteiger partial charge in [0, 0.05) is 12.5 Å². The summed E-state index contributed by atoms with van der Waals surface area (Å²) in [5.41, 5.74) is 2.32. The van der Waals surface area contributed by atoms with Crippen LogP contribution in [0.4, 0.5) is 0 Å². The Bertz CT molecular complexity index is 1160. The molecule has 2 atom stereocenters. The molecule has 5 nitrogen and oxygen atoms in total. The van der Waals surface area contributed by atoms with Crippen molar-refractivity contribution in [2.45, 2.75) is 45.8 Å². The van der Waals surface area contributed by atoms with Crippen LogP contribution in [0.1, 0.15) is 49.8 Å².